The number of amides is 1. The van der Waals surface area contributed by atoms with Crippen molar-refractivity contribution in [3.63, 3.8) is 0 Å². The average molecular weight is 315 g/mol. The molecule has 0 spiro atoms. The lowest BCUT2D eigenvalue weighted by molar-refractivity contribution is -0.148. The normalized spacial score (nSPS) is 11.6. The molecule has 0 saturated heterocycles. The summed E-state index contributed by atoms with van der Waals surface area (Å²) in [6.45, 7) is 1.46. The Hall–Kier alpha value is -2.69. The molecule has 2 rings (SSSR count). The van der Waals surface area contributed by atoms with E-state index in [4.69, 9.17) is 4.74 Å². The number of halogens is 1. The van der Waals surface area contributed by atoms with Crippen LogP contribution in [-0.4, -0.2) is 18.5 Å². The van der Waals surface area contributed by atoms with Crippen molar-refractivity contribution >= 4 is 11.9 Å². The number of carbonyl (C=O) groups excluding carboxylic acids is 2. The van der Waals surface area contributed by atoms with Crippen LogP contribution in [0.2, 0.25) is 0 Å². The average Bonchev–Trinajstić information content (AvgIpc) is 2.56. The maximum atomic E-state index is 13.4. The van der Waals surface area contributed by atoms with Crippen LogP contribution in [0.25, 0.3) is 0 Å². The molecule has 1 amide bonds. The van der Waals surface area contributed by atoms with Crippen molar-refractivity contribution in [1.82, 2.24) is 5.32 Å². The Morgan fingerprint density at radius 3 is 2.43 bits per heavy atom. The minimum absolute atomic E-state index is 0.186. The fourth-order valence-corrected chi connectivity index (χ4v) is 2.10. The SMILES string of the molecule is CC(NC(=O)COC(=O)Cc1ccccc1F)c1ccccc1. The molecule has 5 heteroatoms. The summed E-state index contributed by atoms with van der Waals surface area (Å²) in [5.74, 6) is -1.51. The number of ether oxygens (including phenoxy) is 1. The Morgan fingerprint density at radius 2 is 1.74 bits per heavy atom. The standard InChI is InChI=1S/C18H18FNO3/c1-13(14-7-3-2-4-8-14)20-17(21)12-23-18(22)11-15-9-5-6-10-16(15)19/h2-10,13H,11-12H2,1H3,(H,20,21). The van der Waals surface area contributed by atoms with Crippen molar-refractivity contribution in [3.8, 4) is 0 Å². The zero-order valence-corrected chi connectivity index (χ0v) is 12.8. The summed E-state index contributed by atoms with van der Waals surface area (Å²) in [4.78, 5) is 23.4. The van der Waals surface area contributed by atoms with Gasteiger partial charge in [-0.1, -0.05) is 48.5 Å². The van der Waals surface area contributed by atoms with E-state index < -0.39 is 17.7 Å². The number of rotatable bonds is 6. The van der Waals surface area contributed by atoms with E-state index in [1.54, 1.807) is 12.1 Å². The van der Waals surface area contributed by atoms with Crippen molar-refractivity contribution in [1.29, 1.82) is 0 Å². The van der Waals surface area contributed by atoms with Gasteiger partial charge in [0, 0.05) is 0 Å². The second kappa shape index (κ2) is 8.08. The molecule has 120 valence electrons. The molecule has 0 radical (unpaired) electrons. The van der Waals surface area contributed by atoms with Crippen LogP contribution >= 0.6 is 0 Å². The second-order valence-corrected chi connectivity index (χ2v) is 5.13. The molecule has 4 nitrogen and oxygen atoms in total. The quantitative estimate of drug-likeness (QED) is 0.834. The molecule has 0 bridgehead atoms. The van der Waals surface area contributed by atoms with Gasteiger partial charge in [-0.25, -0.2) is 4.39 Å². The highest BCUT2D eigenvalue weighted by Gasteiger charge is 2.13. The van der Waals surface area contributed by atoms with Gasteiger partial charge in [-0.3, -0.25) is 9.59 Å². The van der Waals surface area contributed by atoms with E-state index in [-0.39, 0.29) is 24.6 Å². The van der Waals surface area contributed by atoms with E-state index in [0.29, 0.717) is 0 Å². The van der Waals surface area contributed by atoms with Gasteiger partial charge in [-0.15, -0.1) is 0 Å². The van der Waals surface area contributed by atoms with Crippen molar-refractivity contribution < 1.29 is 18.7 Å². The van der Waals surface area contributed by atoms with Crippen LogP contribution in [-0.2, 0) is 20.7 Å². The number of hydrogen-bond donors (Lipinski definition) is 1. The molecular formula is C18H18FNO3. The van der Waals surface area contributed by atoms with Crippen molar-refractivity contribution in [2.75, 3.05) is 6.61 Å². The maximum Gasteiger partial charge on any atom is 0.310 e. The highest BCUT2D eigenvalue weighted by Crippen LogP contribution is 2.11. The summed E-state index contributed by atoms with van der Waals surface area (Å²) >= 11 is 0. The predicted molar refractivity (Wildman–Crippen MR) is 84.1 cm³/mol. The molecule has 0 heterocycles. The lowest BCUT2D eigenvalue weighted by Crippen LogP contribution is -2.31. The third-order valence-electron chi connectivity index (χ3n) is 3.33. The van der Waals surface area contributed by atoms with E-state index in [0.717, 1.165) is 5.56 Å². The number of esters is 1. The zero-order valence-electron chi connectivity index (χ0n) is 12.8. The predicted octanol–water partition coefficient (Wildman–Crippen LogP) is 2.79. The molecule has 1 atom stereocenters. The summed E-state index contributed by atoms with van der Waals surface area (Å²) < 4.78 is 18.3. The largest absolute Gasteiger partial charge is 0.455 e. The lowest BCUT2D eigenvalue weighted by atomic mass is 10.1. The van der Waals surface area contributed by atoms with Gasteiger partial charge in [-0.05, 0) is 24.1 Å². The van der Waals surface area contributed by atoms with Crippen LogP contribution in [0.15, 0.2) is 54.6 Å². The van der Waals surface area contributed by atoms with Gasteiger partial charge in [0.1, 0.15) is 5.82 Å². The monoisotopic (exact) mass is 315 g/mol. The third-order valence-corrected chi connectivity index (χ3v) is 3.33. The fraction of sp³-hybridized carbons (Fsp3) is 0.222. The smallest absolute Gasteiger partial charge is 0.310 e. The van der Waals surface area contributed by atoms with Gasteiger partial charge < -0.3 is 10.1 Å². The zero-order chi connectivity index (χ0) is 16.7. The molecule has 0 aromatic heterocycles. The molecule has 2 aromatic carbocycles. The molecule has 2 aromatic rings. The summed E-state index contributed by atoms with van der Waals surface area (Å²) in [7, 11) is 0. The van der Waals surface area contributed by atoms with E-state index in [1.807, 2.05) is 37.3 Å². The van der Waals surface area contributed by atoms with E-state index in [9.17, 15) is 14.0 Å². The molecule has 0 fully saturated rings. The van der Waals surface area contributed by atoms with Gasteiger partial charge in [0.05, 0.1) is 12.5 Å². The Morgan fingerprint density at radius 1 is 1.09 bits per heavy atom. The van der Waals surface area contributed by atoms with Gasteiger partial charge in [0.15, 0.2) is 6.61 Å². The van der Waals surface area contributed by atoms with Gasteiger partial charge in [-0.2, -0.15) is 0 Å². The molecular weight excluding hydrogens is 297 g/mol. The van der Waals surface area contributed by atoms with E-state index in [1.165, 1.54) is 12.1 Å². The Balaban J connectivity index is 1.78. The molecule has 0 aliphatic heterocycles. The Labute approximate surface area is 134 Å². The first-order valence-corrected chi connectivity index (χ1v) is 7.29. The molecule has 1 N–H and O–H groups in total. The molecule has 0 aliphatic carbocycles. The second-order valence-electron chi connectivity index (χ2n) is 5.13. The first-order valence-electron chi connectivity index (χ1n) is 7.29. The molecule has 23 heavy (non-hydrogen) atoms. The van der Waals surface area contributed by atoms with Crippen LogP contribution in [0.5, 0.6) is 0 Å². The molecule has 0 saturated carbocycles. The van der Waals surface area contributed by atoms with Crippen LogP contribution in [0.1, 0.15) is 24.1 Å². The van der Waals surface area contributed by atoms with Crippen molar-refractivity contribution in [2.24, 2.45) is 0 Å². The third kappa shape index (κ3) is 5.21. The van der Waals surface area contributed by atoms with Crippen LogP contribution < -0.4 is 5.32 Å². The highest BCUT2D eigenvalue weighted by molar-refractivity contribution is 5.81. The summed E-state index contributed by atoms with van der Waals surface area (Å²) in [6.07, 6.45) is -0.200. The van der Waals surface area contributed by atoms with Gasteiger partial charge >= 0.3 is 5.97 Å². The van der Waals surface area contributed by atoms with Crippen molar-refractivity contribution in [3.05, 3.63) is 71.5 Å². The first-order chi connectivity index (χ1) is 11.1. The van der Waals surface area contributed by atoms with E-state index in [2.05, 4.69) is 5.32 Å². The maximum absolute atomic E-state index is 13.4. The minimum atomic E-state index is -0.641. The van der Waals surface area contributed by atoms with E-state index >= 15 is 0 Å². The lowest BCUT2D eigenvalue weighted by Gasteiger charge is -2.14. The number of nitrogens with one attached hydrogen (secondary N) is 1. The Kier molecular flexibility index (Phi) is 5.86. The summed E-state index contributed by atoms with van der Waals surface area (Å²) in [5, 5.41) is 2.74. The molecule has 1 unspecified atom stereocenters. The summed E-state index contributed by atoms with van der Waals surface area (Å²) in [6, 6.07) is 15.2. The number of benzene rings is 2. The molecule has 0 aliphatic rings. The first kappa shape index (κ1) is 16.7. The van der Waals surface area contributed by atoms with Gasteiger partial charge in [0.2, 0.25) is 0 Å². The number of hydrogen-bond acceptors (Lipinski definition) is 3. The fourth-order valence-electron chi connectivity index (χ4n) is 2.10. The topological polar surface area (TPSA) is 55.4 Å². The number of carbonyl (C=O) groups is 2. The minimum Gasteiger partial charge on any atom is -0.455 e. The Bertz CT molecular complexity index is 673. The van der Waals surface area contributed by atoms with Gasteiger partial charge in [0.25, 0.3) is 5.91 Å². The van der Waals surface area contributed by atoms with Crippen LogP contribution in [0.3, 0.4) is 0 Å². The highest BCUT2D eigenvalue weighted by atomic mass is 19.1. The summed E-state index contributed by atoms with van der Waals surface area (Å²) in [5.41, 5.74) is 1.20. The van der Waals surface area contributed by atoms with Crippen LogP contribution in [0.4, 0.5) is 4.39 Å². The van der Waals surface area contributed by atoms with Crippen LogP contribution in [0, 0.1) is 5.82 Å². The van der Waals surface area contributed by atoms with Crippen molar-refractivity contribution in [2.45, 2.75) is 19.4 Å².